The Morgan fingerprint density at radius 3 is 2.32 bits per heavy atom. The number of ether oxygens (including phenoxy) is 1. The SMILES string of the molecule is CC(C)C1(C(=O)O)C(COc2cccnc2)NC(CF)C(C)(C(=O)O)C1c1c(F)ccc(Cl)c1C(F)(F)F. The summed E-state index contributed by atoms with van der Waals surface area (Å²) in [7, 11) is 0. The lowest BCUT2D eigenvalue weighted by Crippen LogP contribution is -2.73. The van der Waals surface area contributed by atoms with Crippen molar-refractivity contribution in [2.45, 2.75) is 44.9 Å². The number of pyridine rings is 1. The number of nitrogens with one attached hydrogen (secondary N) is 1. The van der Waals surface area contributed by atoms with Gasteiger partial charge >= 0.3 is 18.1 Å². The number of hydrogen-bond acceptors (Lipinski definition) is 5. The van der Waals surface area contributed by atoms with Gasteiger partial charge in [-0.05, 0) is 37.1 Å². The van der Waals surface area contributed by atoms with Gasteiger partial charge in [0.25, 0.3) is 0 Å². The summed E-state index contributed by atoms with van der Waals surface area (Å²) < 4.78 is 78.6. The first kappa shape index (κ1) is 29.6. The summed E-state index contributed by atoms with van der Waals surface area (Å²) in [4.78, 5) is 29.8. The average molecular weight is 565 g/mol. The smallest absolute Gasteiger partial charge is 0.418 e. The van der Waals surface area contributed by atoms with Gasteiger partial charge in [0.05, 0.1) is 39.7 Å². The molecule has 13 heteroatoms. The minimum atomic E-state index is -5.30. The van der Waals surface area contributed by atoms with Crippen LogP contribution in [0.15, 0.2) is 36.7 Å². The number of piperidine rings is 1. The van der Waals surface area contributed by atoms with Crippen LogP contribution in [0.1, 0.15) is 37.8 Å². The molecule has 208 valence electrons. The Morgan fingerprint density at radius 2 is 1.84 bits per heavy atom. The molecule has 5 unspecified atom stereocenters. The highest BCUT2D eigenvalue weighted by atomic mass is 35.5. The molecular weight excluding hydrogens is 539 g/mol. The van der Waals surface area contributed by atoms with Crippen molar-refractivity contribution < 1.29 is 46.5 Å². The maximum atomic E-state index is 15.5. The maximum Gasteiger partial charge on any atom is 0.418 e. The normalized spacial score (nSPS) is 27.8. The predicted molar refractivity (Wildman–Crippen MR) is 126 cm³/mol. The molecule has 0 spiro atoms. The molecule has 0 bridgehead atoms. The number of carboxylic acids is 2. The number of aromatic nitrogens is 1. The summed E-state index contributed by atoms with van der Waals surface area (Å²) >= 11 is 5.88. The molecule has 0 radical (unpaired) electrons. The van der Waals surface area contributed by atoms with E-state index in [2.05, 4.69) is 10.3 Å². The molecule has 2 aromatic rings. The summed E-state index contributed by atoms with van der Waals surface area (Å²) in [6.07, 6.45) is -2.56. The lowest BCUT2D eigenvalue weighted by Gasteiger charge is -2.58. The first-order valence-corrected chi connectivity index (χ1v) is 11.9. The van der Waals surface area contributed by atoms with Gasteiger partial charge in [0.1, 0.15) is 24.8 Å². The molecule has 38 heavy (non-hydrogen) atoms. The minimum Gasteiger partial charge on any atom is -0.490 e. The van der Waals surface area contributed by atoms with E-state index in [0.717, 1.165) is 6.92 Å². The number of halogens is 6. The van der Waals surface area contributed by atoms with Gasteiger partial charge in [0.2, 0.25) is 0 Å². The predicted octanol–water partition coefficient (Wildman–Crippen LogP) is 5.18. The molecule has 0 amide bonds. The van der Waals surface area contributed by atoms with Crippen LogP contribution in [0.25, 0.3) is 0 Å². The second-order valence-corrected chi connectivity index (χ2v) is 10.1. The van der Waals surface area contributed by atoms with Crippen LogP contribution in [0, 0.1) is 22.6 Å². The van der Waals surface area contributed by atoms with E-state index in [1.54, 1.807) is 0 Å². The quantitative estimate of drug-likeness (QED) is 0.379. The highest BCUT2D eigenvalue weighted by molar-refractivity contribution is 6.31. The van der Waals surface area contributed by atoms with Crippen LogP contribution in [0.2, 0.25) is 5.02 Å². The molecule has 1 fully saturated rings. The average Bonchev–Trinajstić information content (AvgIpc) is 2.83. The van der Waals surface area contributed by atoms with Crippen LogP contribution >= 0.6 is 11.6 Å². The van der Waals surface area contributed by atoms with Gasteiger partial charge < -0.3 is 20.3 Å². The Labute approximate surface area is 220 Å². The van der Waals surface area contributed by atoms with Crippen molar-refractivity contribution in [1.29, 1.82) is 0 Å². The van der Waals surface area contributed by atoms with Crippen LogP contribution < -0.4 is 10.1 Å². The van der Waals surface area contributed by atoms with Crippen molar-refractivity contribution in [3.05, 3.63) is 58.6 Å². The number of alkyl halides is 4. The Morgan fingerprint density at radius 1 is 1.18 bits per heavy atom. The number of carboxylic acid groups (broad SMARTS) is 2. The van der Waals surface area contributed by atoms with Crippen LogP contribution in [-0.4, -0.2) is 52.5 Å². The van der Waals surface area contributed by atoms with E-state index < -0.39 is 88.1 Å². The lowest BCUT2D eigenvalue weighted by atomic mass is 9.48. The second kappa shape index (κ2) is 10.6. The van der Waals surface area contributed by atoms with E-state index in [9.17, 15) is 37.4 Å². The Hall–Kier alpha value is -2.99. The highest BCUT2D eigenvalue weighted by Gasteiger charge is 2.69. The molecule has 1 aromatic heterocycles. The molecular formula is C25H26ClF5N2O5. The van der Waals surface area contributed by atoms with Crippen molar-refractivity contribution in [3.8, 4) is 5.75 Å². The van der Waals surface area contributed by atoms with Gasteiger partial charge in [-0.25, -0.2) is 8.78 Å². The van der Waals surface area contributed by atoms with Crippen molar-refractivity contribution in [2.24, 2.45) is 16.7 Å². The standard InChI is InChI=1S/C25H26ClF5N2O5/c1-12(2)24(22(36)37)17(11-38-13-5-4-8-32-10-13)33-16(9-27)23(3,21(34)35)20(24)18-15(28)7-6-14(26)19(18)25(29,30)31/h4-8,10,12,16-17,20,33H,9,11H2,1-3H3,(H,34,35)(H,36,37). The molecule has 1 aliphatic rings. The van der Waals surface area contributed by atoms with E-state index in [0.29, 0.717) is 12.1 Å². The Kier molecular flexibility index (Phi) is 8.28. The lowest BCUT2D eigenvalue weighted by molar-refractivity contribution is -0.180. The van der Waals surface area contributed by atoms with Crippen molar-refractivity contribution in [1.82, 2.24) is 10.3 Å². The number of benzene rings is 1. The van der Waals surface area contributed by atoms with Gasteiger partial charge in [-0.2, -0.15) is 13.2 Å². The zero-order valence-corrected chi connectivity index (χ0v) is 21.3. The van der Waals surface area contributed by atoms with Crippen LogP contribution in [0.5, 0.6) is 5.75 Å². The second-order valence-electron chi connectivity index (χ2n) is 9.66. The zero-order chi connectivity index (χ0) is 28.6. The summed E-state index contributed by atoms with van der Waals surface area (Å²) in [5.41, 5.74) is -7.99. The van der Waals surface area contributed by atoms with Crippen LogP contribution in [0.4, 0.5) is 22.0 Å². The fourth-order valence-corrected chi connectivity index (χ4v) is 5.93. The molecule has 0 saturated carbocycles. The molecule has 5 atom stereocenters. The fourth-order valence-electron chi connectivity index (χ4n) is 5.66. The first-order chi connectivity index (χ1) is 17.6. The number of carbonyl (C=O) groups is 2. The molecule has 0 aliphatic carbocycles. The van der Waals surface area contributed by atoms with Crippen LogP contribution in [-0.2, 0) is 15.8 Å². The third-order valence-corrected chi connectivity index (χ3v) is 7.80. The molecule has 1 aromatic carbocycles. The van der Waals surface area contributed by atoms with E-state index in [1.807, 2.05) is 0 Å². The number of nitrogens with zero attached hydrogens (tertiary/aromatic N) is 1. The maximum absolute atomic E-state index is 15.5. The molecule has 3 rings (SSSR count). The summed E-state index contributed by atoms with van der Waals surface area (Å²) in [6, 6.07) is 1.06. The van der Waals surface area contributed by atoms with Gasteiger partial charge in [-0.1, -0.05) is 25.4 Å². The van der Waals surface area contributed by atoms with Gasteiger partial charge in [-0.15, -0.1) is 0 Å². The van der Waals surface area contributed by atoms with Gasteiger partial charge in [-0.3, -0.25) is 14.6 Å². The van der Waals surface area contributed by atoms with Gasteiger partial charge in [0, 0.05) is 17.7 Å². The highest BCUT2D eigenvalue weighted by Crippen LogP contribution is 2.61. The minimum absolute atomic E-state index is 0.169. The zero-order valence-electron chi connectivity index (χ0n) is 20.5. The molecule has 1 aliphatic heterocycles. The number of rotatable bonds is 8. The van der Waals surface area contributed by atoms with E-state index >= 15 is 4.39 Å². The van der Waals surface area contributed by atoms with E-state index in [1.165, 1.54) is 38.4 Å². The third kappa shape index (κ3) is 4.68. The summed E-state index contributed by atoms with van der Waals surface area (Å²) in [5, 5.41) is 22.7. The molecule has 2 heterocycles. The fraction of sp³-hybridized carbons (Fsp3) is 0.480. The van der Waals surface area contributed by atoms with Crippen LogP contribution in [0.3, 0.4) is 0 Å². The number of aliphatic carboxylic acids is 2. The third-order valence-electron chi connectivity index (χ3n) is 7.49. The Balaban J connectivity index is 2.44. The van der Waals surface area contributed by atoms with Crippen molar-refractivity contribution in [3.63, 3.8) is 0 Å². The van der Waals surface area contributed by atoms with Gasteiger partial charge in [0.15, 0.2) is 0 Å². The summed E-state index contributed by atoms with van der Waals surface area (Å²) in [6.45, 7) is 1.67. The first-order valence-electron chi connectivity index (χ1n) is 11.5. The van der Waals surface area contributed by atoms with Crippen molar-refractivity contribution >= 4 is 23.5 Å². The molecule has 7 nitrogen and oxygen atoms in total. The monoisotopic (exact) mass is 564 g/mol. The topological polar surface area (TPSA) is 109 Å². The summed E-state index contributed by atoms with van der Waals surface area (Å²) in [5.74, 6) is -8.24. The van der Waals surface area contributed by atoms with E-state index in [-0.39, 0.29) is 5.75 Å². The number of hydrogen-bond donors (Lipinski definition) is 3. The van der Waals surface area contributed by atoms with E-state index in [4.69, 9.17) is 16.3 Å². The largest absolute Gasteiger partial charge is 0.490 e. The molecule has 1 saturated heterocycles. The molecule has 3 N–H and O–H groups in total. The van der Waals surface area contributed by atoms with Crippen molar-refractivity contribution in [2.75, 3.05) is 13.3 Å². The Bertz CT molecular complexity index is 1200.